The van der Waals surface area contributed by atoms with Crippen molar-refractivity contribution in [2.75, 3.05) is 0 Å². The number of nitrogens with zero attached hydrogens (tertiary/aromatic N) is 4. The number of fused-ring (bicyclic) bond motifs is 8. The molecule has 5 heterocycles. The molecule has 0 saturated heterocycles. The number of benzene rings is 2. The van der Waals surface area contributed by atoms with E-state index in [1.165, 1.54) is 47.1 Å². The molecule has 0 fully saturated rings. The second kappa shape index (κ2) is 17.1. The molecule has 0 N–H and O–H groups in total. The van der Waals surface area contributed by atoms with Crippen LogP contribution in [0, 0.1) is 0 Å². The van der Waals surface area contributed by atoms with Gasteiger partial charge in [0.2, 0.25) is 0 Å². The Morgan fingerprint density at radius 2 is 0.817 bits per heavy atom. The Balaban J connectivity index is 0.00000604. The molecule has 2 aliphatic heterocycles. The fourth-order valence-corrected chi connectivity index (χ4v) is 8.40. The van der Waals surface area contributed by atoms with Crippen molar-refractivity contribution in [1.29, 1.82) is 0 Å². The van der Waals surface area contributed by atoms with Crippen molar-refractivity contribution in [2.24, 2.45) is 0 Å². The van der Waals surface area contributed by atoms with E-state index in [1.807, 2.05) is 0 Å². The molecule has 60 heavy (non-hydrogen) atoms. The van der Waals surface area contributed by atoms with Crippen molar-refractivity contribution in [1.82, 2.24) is 19.9 Å². The Morgan fingerprint density at radius 1 is 0.467 bits per heavy atom. The molecule has 3 aromatic heterocycles. The second-order valence-corrected chi connectivity index (χ2v) is 21.6. The molecular formula is C54H63BrN4Zn. The van der Waals surface area contributed by atoms with Gasteiger partial charge in [0.1, 0.15) is 0 Å². The monoisotopic (exact) mass is 910 g/mol. The molecule has 2 aromatic carbocycles. The zero-order chi connectivity index (χ0) is 42.7. The Labute approximate surface area is 381 Å². The summed E-state index contributed by atoms with van der Waals surface area (Å²) >= 11 is 3.98. The van der Waals surface area contributed by atoms with Gasteiger partial charge in [-0.2, -0.15) is 0 Å². The molecule has 2 aliphatic rings. The van der Waals surface area contributed by atoms with E-state index in [4.69, 9.17) is 19.9 Å². The molecule has 8 bridgehead atoms. The van der Waals surface area contributed by atoms with Crippen molar-refractivity contribution in [3.63, 3.8) is 0 Å². The van der Waals surface area contributed by atoms with Crippen LogP contribution in [0.2, 0.25) is 0 Å². The second-order valence-electron chi connectivity index (χ2n) is 20.8. The van der Waals surface area contributed by atoms with Crippen LogP contribution in [0.5, 0.6) is 0 Å². The van der Waals surface area contributed by atoms with Crippen LogP contribution in [0.15, 0.2) is 65.1 Å². The van der Waals surface area contributed by atoms with Crippen LogP contribution in [0.3, 0.4) is 0 Å². The minimum absolute atomic E-state index is 0. The molecule has 5 aromatic rings. The molecule has 0 aliphatic carbocycles. The smallest absolute Gasteiger partial charge is 0.657 e. The number of hydrogen-bond acceptors (Lipinski definition) is 2. The molecule has 4 nitrogen and oxygen atoms in total. The molecule has 0 amide bonds. The van der Waals surface area contributed by atoms with Crippen LogP contribution < -0.4 is 9.97 Å². The summed E-state index contributed by atoms with van der Waals surface area (Å²) in [6.07, 6.45) is 14.1. The summed E-state index contributed by atoms with van der Waals surface area (Å²) in [6, 6.07) is 23.0. The van der Waals surface area contributed by atoms with Gasteiger partial charge in [0.05, 0.1) is 27.2 Å². The topological polar surface area (TPSA) is 54.0 Å². The van der Waals surface area contributed by atoms with Crippen LogP contribution in [0.1, 0.15) is 166 Å². The van der Waals surface area contributed by atoms with Crippen molar-refractivity contribution < 1.29 is 19.5 Å². The third kappa shape index (κ3) is 9.61. The van der Waals surface area contributed by atoms with E-state index in [-0.39, 0.29) is 41.1 Å². The normalized spacial score (nSPS) is 13.2. The predicted octanol–water partition coefficient (Wildman–Crippen LogP) is 15.3. The first-order valence-corrected chi connectivity index (χ1v) is 22.4. The summed E-state index contributed by atoms with van der Waals surface area (Å²) in [5.74, 6) is 0. The number of unbranched alkanes of at least 4 members (excludes halogenated alkanes) is 3. The Hall–Kier alpha value is -3.86. The maximum Gasteiger partial charge on any atom is 2.00 e. The van der Waals surface area contributed by atoms with Gasteiger partial charge in [0.25, 0.3) is 0 Å². The molecule has 0 atom stereocenters. The van der Waals surface area contributed by atoms with Gasteiger partial charge in [-0.15, -0.1) is 22.1 Å². The fraction of sp³-hybridized carbons (Fsp3) is 0.407. The van der Waals surface area contributed by atoms with Gasteiger partial charge in [0, 0.05) is 0 Å². The first-order chi connectivity index (χ1) is 27.6. The average Bonchev–Trinajstić information content (AvgIpc) is 3.99. The zero-order valence-electron chi connectivity index (χ0n) is 38.5. The van der Waals surface area contributed by atoms with Crippen molar-refractivity contribution in [3.05, 3.63) is 116 Å². The fourth-order valence-electron chi connectivity index (χ4n) is 7.96. The Kier molecular flexibility index (Phi) is 13.0. The zero-order valence-corrected chi connectivity index (χ0v) is 43.0. The largest absolute Gasteiger partial charge is 2.00 e. The summed E-state index contributed by atoms with van der Waals surface area (Å²) in [5, 5.41) is 0. The van der Waals surface area contributed by atoms with Crippen LogP contribution in [-0.2, 0) is 47.6 Å². The van der Waals surface area contributed by atoms with Gasteiger partial charge in [-0.25, -0.2) is 9.97 Å². The molecular weight excluding hydrogens is 850 g/mol. The molecule has 6 heteroatoms. The number of aryl methyl sites for hydroxylation is 1. The molecule has 0 radical (unpaired) electrons. The summed E-state index contributed by atoms with van der Waals surface area (Å²) < 4.78 is 0.855. The van der Waals surface area contributed by atoms with Crippen molar-refractivity contribution >= 4 is 62.3 Å². The van der Waals surface area contributed by atoms with Gasteiger partial charge in [-0.1, -0.05) is 175 Å². The summed E-state index contributed by atoms with van der Waals surface area (Å²) in [7, 11) is 0. The summed E-state index contributed by atoms with van der Waals surface area (Å²) in [4.78, 5) is 21.8. The SMILES string of the molecule is CCCCCCc1c2ccc([n-]2)c(-c2cc(C(C)(C)C)cc(C(C)(C)C)c2)c2nc(c(Br)c3nc(c(-c4cc(C(C)(C)C)cc(C(C)(C)C)c4)c4ccc1[n-]4)C=C3)C=C2.[Zn+2]. The van der Waals surface area contributed by atoms with Gasteiger partial charge < -0.3 is 9.97 Å². The number of aromatic nitrogens is 4. The average molecular weight is 913 g/mol. The maximum atomic E-state index is 5.52. The van der Waals surface area contributed by atoms with Crippen LogP contribution in [0.4, 0.5) is 0 Å². The number of hydrogen-bond donors (Lipinski definition) is 0. The quantitative estimate of drug-likeness (QED) is 0.118. The van der Waals surface area contributed by atoms with Gasteiger partial charge >= 0.3 is 19.5 Å². The minimum Gasteiger partial charge on any atom is -0.657 e. The van der Waals surface area contributed by atoms with Gasteiger partial charge in [-0.3, -0.25) is 0 Å². The van der Waals surface area contributed by atoms with Crippen molar-refractivity contribution in [3.8, 4) is 22.3 Å². The molecule has 7 rings (SSSR count). The van der Waals surface area contributed by atoms with E-state index >= 15 is 0 Å². The first kappa shape index (κ1) is 45.7. The number of halogens is 1. The van der Waals surface area contributed by atoms with Gasteiger partial charge in [0.15, 0.2) is 0 Å². The standard InChI is InChI=1S/C54H63BrN4.Zn/c1-14-15-16-17-18-39-40-19-21-42(56-40)48(33-27-35(51(2,3)4)31-36(28-33)52(5,6)7)44-23-25-46(58-44)50(55)47-26-24-45(59-47)49(43-22-20-41(39)57-43)34-29-37(53(8,9)10)32-38(30-34)54(11,12)13;/h19-32H,14-18H2,1-13H3;/q-2;+2. The molecule has 308 valence electrons. The van der Waals surface area contributed by atoms with E-state index in [9.17, 15) is 0 Å². The Bertz CT molecular complexity index is 2400. The molecule has 0 spiro atoms. The van der Waals surface area contributed by atoms with E-state index in [2.05, 4.69) is 191 Å². The molecule has 0 unspecified atom stereocenters. The van der Waals surface area contributed by atoms with E-state index in [0.29, 0.717) is 0 Å². The Morgan fingerprint density at radius 3 is 1.17 bits per heavy atom. The molecule has 0 saturated carbocycles. The third-order valence-electron chi connectivity index (χ3n) is 11.8. The van der Waals surface area contributed by atoms with Crippen molar-refractivity contribution in [2.45, 2.75) is 144 Å². The van der Waals surface area contributed by atoms with E-state index in [0.717, 1.165) is 84.4 Å². The third-order valence-corrected chi connectivity index (χ3v) is 12.7. The number of rotatable bonds is 7. The van der Waals surface area contributed by atoms with Gasteiger partial charge in [-0.05, 0) is 119 Å². The van der Waals surface area contributed by atoms with E-state index in [1.54, 1.807) is 0 Å². The summed E-state index contributed by atoms with van der Waals surface area (Å²) in [5.41, 5.74) is 17.8. The minimum atomic E-state index is -0.0408. The van der Waals surface area contributed by atoms with Crippen LogP contribution in [-0.4, -0.2) is 9.97 Å². The predicted molar refractivity (Wildman–Crippen MR) is 258 cm³/mol. The summed E-state index contributed by atoms with van der Waals surface area (Å²) in [6.45, 7) is 29.8. The maximum absolute atomic E-state index is 5.52. The van der Waals surface area contributed by atoms with E-state index < -0.39 is 0 Å². The van der Waals surface area contributed by atoms with Crippen LogP contribution in [0.25, 0.3) is 68.6 Å². The van der Waals surface area contributed by atoms with Crippen LogP contribution >= 0.6 is 15.9 Å². The first-order valence-electron chi connectivity index (χ1n) is 21.6.